The summed E-state index contributed by atoms with van der Waals surface area (Å²) in [5.41, 5.74) is 0.812. The van der Waals surface area contributed by atoms with Gasteiger partial charge in [-0.2, -0.15) is 0 Å². The minimum Gasteiger partial charge on any atom is -0.478 e. The molecule has 5 nitrogen and oxygen atoms in total. The Morgan fingerprint density at radius 3 is 2.48 bits per heavy atom. The summed E-state index contributed by atoms with van der Waals surface area (Å²) in [5.74, 6) is -0.821. The van der Waals surface area contributed by atoms with Crippen molar-refractivity contribution in [2.24, 2.45) is 0 Å². The van der Waals surface area contributed by atoms with E-state index in [0.29, 0.717) is 16.9 Å². The molecule has 21 heavy (non-hydrogen) atoms. The number of aromatic amines is 1. The lowest BCUT2D eigenvalue weighted by molar-refractivity contribution is 0.0698. The second-order valence-electron chi connectivity index (χ2n) is 4.45. The van der Waals surface area contributed by atoms with Crippen LogP contribution in [0.3, 0.4) is 0 Å². The molecule has 0 atom stereocenters. The zero-order valence-corrected chi connectivity index (χ0v) is 10.9. The van der Waals surface area contributed by atoms with E-state index in [1.165, 1.54) is 12.3 Å². The van der Waals surface area contributed by atoms with Crippen molar-refractivity contribution in [3.8, 4) is 22.6 Å². The number of hydrogen-bond donors (Lipinski definition) is 2. The molecule has 3 aromatic rings. The molecule has 0 amide bonds. The lowest BCUT2D eigenvalue weighted by Crippen LogP contribution is -2.13. The first-order valence-electron chi connectivity index (χ1n) is 6.27. The summed E-state index contributed by atoms with van der Waals surface area (Å²) in [6.45, 7) is 0. The fraction of sp³-hybridized carbons (Fsp3) is 0. The molecule has 1 aromatic carbocycles. The average Bonchev–Trinajstić information content (AvgIpc) is 3.01. The molecule has 0 radical (unpaired) electrons. The number of benzene rings is 1. The third-order valence-electron chi connectivity index (χ3n) is 3.11. The van der Waals surface area contributed by atoms with Crippen LogP contribution >= 0.6 is 0 Å². The van der Waals surface area contributed by atoms with Gasteiger partial charge in [-0.05, 0) is 17.7 Å². The van der Waals surface area contributed by atoms with Gasteiger partial charge in [0.2, 0.25) is 5.56 Å². The first-order valence-corrected chi connectivity index (χ1v) is 6.27. The summed E-state index contributed by atoms with van der Waals surface area (Å²) in [4.78, 5) is 26.1. The predicted octanol–water partition coefficient (Wildman–Crippen LogP) is 3.00. The van der Waals surface area contributed by atoms with Crippen LogP contribution in [0.15, 0.2) is 64.0 Å². The van der Waals surface area contributed by atoms with Gasteiger partial charge in [0.25, 0.3) is 0 Å². The van der Waals surface area contributed by atoms with Crippen molar-refractivity contribution in [3.63, 3.8) is 0 Å². The van der Waals surface area contributed by atoms with Gasteiger partial charge in [-0.3, -0.25) is 4.79 Å². The molecule has 0 saturated carbocycles. The molecule has 104 valence electrons. The standard InChI is InChI=1S/C16H11NO4/c18-13-9-11(10-5-2-1-3-6-10)14(16(19)20)15(17-13)12-7-4-8-21-12/h1-9H,(H,17,18)(H,19,20). The molecule has 2 aromatic heterocycles. The zero-order chi connectivity index (χ0) is 14.8. The van der Waals surface area contributed by atoms with Gasteiger partial charge in [0.05, 0.1) is 17.5 Å². The molecular weight excluding hydrogens is 270 g/mol. The second-order valence-corrected chi connectivity index (χ2v) is 4.45. The molecular formula is C16H11NO4. The molecule has 0 unspecified atom stereocenters. The second kappa shape index (κ2) is 5.13. The number of hydrogen-bond acceptors (Lipinski definition) is 3. The molecule has 0 saturated heterocycles. The first kappa shape index (κ1) is 12.9. The van der Waals surface area contributed by atoms with E-state index < -0.39 is 5.97 Å². The van der Waals surface area contributed by atoms with Crippen molar-refractivity contribution in [2.45, 2.75) is 0 Å². The summed E-state index contributed by atoms with van der Waals surface area (Å²) in [5, 5.41) is 9.53. The van der Waals surface area contributed by atoms with Crippen LogP contribution in [0.2, 0.25) is 0 Å². The monoisotopic (exact) mass is 281 g/mol. The van der Waals surface area contributed by atoms with E-state index in [1.807, 2.05) is 6.07 Å². The van der Waals surface area contributed by atoms with Crippen LogP contribution in [-0.2, 0) is 0 Å². The van der Waals surface area contributed by atoms with Crippen molar-refractivity contribution < 1.29 is 14.3 Å². The number of furan rings is 1. The number of carboxylic acids is 1. The number of H-pyrrole nitrogens is 1. The predicted molar refractivity (Wildman–Crippen MR) is 77.2 cm³/mol. The SMILES string of the molecule is O=C(O)c1c(-c2ccccc2)cc(=O)[nH]c1-c1ccco1. The Bertz CT molecular complexity index is 832. The van der Waals surface area contributed by atoms with E-state index in [0.717, 1.165) is 0 Å². The normalized spacial score (nSPS) is 10.5. The van der Waals surface area contributed by atoms with Gasteiger partial charge in [-0.1, -0.05) is 30.3 Å². The molecule has 0 aliphatic carbocycles. The van der Waals surface area contributed by atoms with E-state index in [-0.39, 0.29) is 16.8 Å². The van der Waals surface area contributed by atoms with Crippen molar-refractivity contribution in [3.05, 3.63) is 70.7 Å². The highest BCUT2D eigenvalue weighted by Crippen LogP contribution is 2.29. The van der Waals surface area contributed by atoms with Crippen molar-refractivity contribution >= 4 is 5.97 Å². The molecule has 0 aliphatic rings. The van der Waals surface area contributed by atoms with Crippen molar-refractivity contribution in [1.82, 2.24) is 4.98 Å². The van der Waals surface area contributed by atoms with Gasteiger partial charge in [0, 0.05) is 11.6 Å². The summed E-state index contributed by atoms with van der Waals surface area (Å²) >= 11 is 0. The third kappa shape index (κ3) is 2.36. The fourth-order valence-electron chi connectivity index (χ4n) is 2.23. The van der Waals surface area contributed by atoms with Gasteiger partial charge >= 0.3 is 5.97 Å². The summed E-state index contributed by atoms with van der Waals surface area (Å²) in [6, 6.07) is 13.4. The van der Waals surface area contributed by atoms with E-state index >= 15 is 0 Å². The van der Waals surface area contributed by atoms with Crippen LogP contribution in [0.25, 0.3) is 22.6 Å². The maximum absolute atomic E-state index is 11.9. The van der Waals surface area contributed by atoms with Gasteiger partial charge < -0.3 is 14.5 Å². The Balaban J connectivity index is 2.35. The number of carbonyl (C=O) groups is 1. The largest absolute Gasteiger partial charge is 0.478 e. The highest BCUT2D eigenvalue weighted by Gasteiger charge is 2.21. The summed E-state index contributed by atoms with van der Waals surface area (Å²) in [6.07, 6.45) is 1.43. The number of pyridine rings is 1. The molecule has 3 rings (SSSR count). The minimum atomic E-state index is -1.13. The quantitative estimate of drug-likeness (QED) is 0.773. The molecule has 2 N–H and O–H groups in total. The highest BCUT2D eigenvalue weighted by atomic mass is 16.4. The lowest BCUT2D eigenvalue weighted by Gasteiger charge is -2.09. The van der Waals surface area contributed by atoms with E-state index in [4.69, 9.17) is 4.42 Å². The number of nitrogens with one attached hydrogen (secondary N) is 1. The maximum Gasteiger partial charge on any atom is 0.338 e. The Morgan fingerprint density at radius 1 is 1.10 bits per heavy atom. The molecule has 0 aliphatic heterocycles. The van der Waals surface area contributed by atoms with Gasteiger partial charge in [0.1, 0.15) is 0 Å². The smallest absolute Gasteiger partial charge is 0.338 e. The van der Waals surface area contributed by atoms with E-state index in [1.54, 1.807) is 36.4 Å². The Hall–Kier alpha value is -3.08. The molecule has 2 heterocycles. The Labute approximate surface area is 119 Å². The average molecular weight is 281 g/mol. The molecule has 0 bridgehead atoms. The van der Waals surface area contributed by atoms with Crippen LogP contribution in [-0.4, -0.2) is 16.1 Å². The van der Waals surface area contributed by atoms with Gasteiger partial charge in [-0.25, -0.2) is 4.79 Å². The molecule has 0 fully saturated rings. The summed E-state index contributed by atoms with van der Waals surface area (Å²) in [7, 11) is 0. The number of carboxylic acid groups (broad SMARTS) is 1. The first-order chi connectivity index (χ1) is 10.2. The highest BCUT2D eigenvalue weighted by molar-refractivity contribution is 6.01. The maximum atomic E-state index is 11.9. The van der Waals surface area contributed by atoms with E-state index in [9.17, 15) is 14.7 Å². The lowest BCUT2D eigenvalue weighted by atomic mass is 9.98. The number of rotatable bonds is 3. The Morgan fingerprint density at radius 2 is 1.86 bits per heavy atom. The number of aromatic nitrogens is 1. The number of aromatic carboxylic acids is 1. The van der Waals surface area contributed by atoms with Crippen LogP contribution in [0, 0.1) is 0 Å². The van der Waals surface area contributed by atoms with Gasteiger partial charge in [-0.15, -0.1) is 0 Å². The van der Waals surface area contributed by atoms with Crippen LogP contribution < -0.4 is 5.56 Å². The van der Waals surface area contributed by atoms with E-state index in [2.05, 4.69) is 4.98 Å². The van der Waals surface area contributed by atoms with Crippen molar-refractivity contribution in [1.29, 1.82) is 0 Å². The zero-order valence-electron chi connectivity index (χ0n) is 10.9. The Kier molecular flexibility index (Phi) is 3.16. The summed E-state index contributed by atoms with van der Waals surface area (Å²) < 4.78 is 5.22. The molecule has 0 spiro atoms. The van der Waals surface area contributed by atoms with Crippen molar-refractivity contribution in [2.75, 3.05) is 0 Å². The fourth-order valence-corrected chi connectivity index (χ4v) is 2.23. The minimum absolute atomic E-state index is 0.00995. The van der Waals surface area contributed by atoms with Crippen LogP contribution in [0.1, 0.15) is 10.4 Å². The van der Waals surface area contributed by atoms with Crippen LogP contribution in [0.4, 0.5) is 0 Å². The topological polar surface area (TPSA) is 83.3 Å². The third-order valence-corrected chi connectivity index (χ3v) is 3.11. The van der Waals surface area contributed by atoms with Crippen LogP contribution in [0.5, 0.6) is 0 Å². The van der Waals surface area contributed by atoms with Gasteiger partial charge in [0.15, 0.2) is 5.76 Å². The molecule has 5 heteroatoms.